The Kier molecular flexibility index (Phi) is 9.73. The number of alkyl carbamates (subject to hydrolysis) is 1. The molecule has 3 N–H and O–H groups in total. The maximum Gasteiger partial charge on any atom is 0.408 e. The highest BCUT2D eigenvalue weighted by Crippen LogP contribution is 2.09. The maximum atomic E-state index is 11.9. The first-order valence-electron chi connectivity index (χ1n) is 8.71. The molecule has 0 bridgehead atoms. The van der Waals surface area contributed by atoms with Crippen LogP contribution in [0, 0.1) is 0 Å². The summed E-state index contributed by atoms with van der Waals surface area (Å²) in [6.45, 7) is 17.6. The summed E-state index contributed by atoms with van der Waals surface area (Å²) >= 11 is 0. The molecule has 0 radical (unpaired) electrons. The molecule has 1 amide bonds. The van der Waals surface area contributed by atoms with E-state index in [9.17, 15) is 4.79 Å². The standard InChI is InChI=1S/C17H37N5O2/c1-9-18-14(19-11-12-22(8)10-2)20-13-17(6,7)21-15(23)24-16(3,4)5/h9-13H2,1-8H3,(H,21,23)(H2,18,19,20). The number of amides is 1. The normalized spacial score (nSPS) is 13.0. The first-order valence-corrected chi connectivity index (χ1v) is 8.71. The molecule has 0 aromatic rings. The third-order valence-corrected chi connectivity index (χ3v) is 3.14. The fraction of sp³-hybridized carbons (Fsp3) is 0.882. The summed E-state index contributed by atoms with van der Waals surface area (Å²) in [6.07, 6.45) is -0.426. The molecule has 0 aromatic carbocycles. The van der Waals surface area contributed by atoms with E-state index < -0.39 is 17.2 Å². The predicted octanol–water partition coefficient (Wildman–Crippen LogP) is 1.80. The lowest BCUT2D eigenvalue weighted by atomic mass is 10.1. The van der Waals surface area contributed by atoms with Gasteiger partial charge in [0, 0.05) is 19.6 Å². The summed E-state index contributed by atoms with van der Waals surface area (Å²) in [5, 5.41) is 9.38. The third-order valence-electron chi connectivity index (χ3n) is 3.14. The summed E-state index contributed by atoms with van der Waals surface area (Å²) < 4.78 is 5.30. The monoisotopic (exact) mass is 343 g/mol. The fourth-order valence-electron chi connectivity index (χ4n) is 1.76. The number of ether oxygens (including phenoxy) is 1. The van der Waals surface area contributed by atoms with Gasteiger partial charge in [0.25, 0.3) is 0 Å². The highest BCUT2D eigenvalue weighted by molar-refractivity contribution is 5.79. The van der Waals surface area contributed by atoms with Crippen molar-refractivity contribution in [3.63, 3.8) is 0 Å². The van der Waals surface area contributed by atoms with Crippen LogP contribution in [-0.4, -0.2) is 67.9 Å². The quantitative estimate of drug-likeness (QED) is 0.463. The summed E-state index contributed by atoms with van der Waals surface area (Å²) in [6, 6.07) is 0. The molecular formula is C17H37N5O2. The zero-order valence-electron chi connectivity index (χ0n) is 16.7. The van der Waals surface area contributed by atoms with Gasteiger partial charge in [-0.2, -0.15) is 0 Å². The number of rotatable bonds is 8. The summed E-state index contributed by atoms with van der Waals surface area (Å²) in [4.78, 5) is 18.7. The smallest absolute Gasteiger partial charge is 0.408 e. The van der Waals surface area contributed by atoms with Crippen LogP contribution in [0.2, 0.25) is 0 Å². The van der Waals surface area contributed by atoms with Crippen LogP contribution in [0.3, 0.4) is 0 Å². The molecule has 7 heteroatoms. The second-order valence-corrected chi connectivity index (χ2v) is 7.53. The van der Waals surface area contributed by atoms with Crippen molar-refractivity contribution in [2.24, 2.45) is 4.99 Å². The van der Waals surface area contributed by atoms with E-state index in [1.54, 1.807) is 0 Å². The van der Waals surface area contributed by atoms with Crippen LogP contribution in [-0.2, 0) is 4.74 Å². The number of hydrogen-bond donors (Lipinski definition) is 3. The van der Waals surface area contributed by atoms with E-state index in [1.165, 1.54) is 0 Å². The van der Waals surface area contributed by atoms with Crippen molar-refractivity contribution in [3.05, 3.63) is 0 Å². The highest BCUT2D eigenvalue weighted by atomic mass is 16.6. The van der Waals surface area contributed by atoms with Gasteiger partial charge in [0.2, 0.25) is 0 Å². The molecule has 0 heterocycles. The van der Waals surface area contributed by atoms with Gasteiger partial charge < -0.3 is 25.6 Å². The number of carbonyl (C=O) groups is 1. The van der Waals surface area contributed by atoms with Gasteiger partial charge in [-0.05, 0) is 55.1 Å². The van der Waals surface area contributed by atoms with E-state index in [-0.39, 0.29) is 0 Å². The van der Waals surface area contributed by atoms with Gasteiger partial charge in [-0.1, -0.05) is 6.92 Å². The van der Waals surface area contributed by atoms with Crippen molar-refractivity contribution in [2.75, 3.05) is 39.8 Å². The van der Waals surface area contributed by atoms with Crippen LogP contribution in [0.15, 0.2) is 4.99 Å². The Bertz CT molecular complexity index is 402. The molecular weight excluding hydrogens is 306 g/mol. The topological polar surface area (TPSA) is 78.0 Å². The molecule has 0 aliphatic rings. The molecule has 0 fully saturated rings. The molecule has 142 valence electrons. The van der Waals surface area contributed by atoms with Crippen LogP contribution >= 0.6 is 0 Å². The highest BCUT2D eigenvalue weighted by Gasteiger charge is 2.24. The number of guanidine groups is 1. The molecule has 0 spiro atoms. The van der Waals surface area contributed by atoms with E-state index in [4.69, 9.17) is 4.74 Å². The van der Waals surface area contributed by atoms with Crippen molar-refractivity contribution in [2.45, 2.75) is 59.6 Å². The van der Waals surface area contributed by atoms with Crippen molar-refractivity contribution < 1.29 is 9.53 Å². The van der Waals surface area contributed by atoms with Crippen LogP contribution in [0.25, 0.3) is 0 Å². The zero-order valence-corrected chi connectivity index (χ0v) is 16.7. The minimum absolute atomic E-state index is 0.426. The number of likely N-dealkylation sites (N-methyl/N-ethyl adjacent to an activating group) is 1. The van der Waals surface area contributed by atoms with Crippen LogP contribution in [0.5, 0.6) is 0 Å². The van der Waals surface area contributed by atoms with Gasteiger partial charge in [0.15, 0.2) is 5.96 Å². The first kappa shape index (κ1) is 22.5. The Hall–Kier alpha value is -1.50. The van der Waals surface area contributed by atoms with Gasteiger partial charge in [-0.15, -0.1) is 0 Å². The summed E-state index contributed by atoms with van der Waals surface area (Å²) in [5.41, 5.74) is -1.00. The van der Waals surface area contributed by atoms with Crippen molar-refractivity contribution in [1.29, 1.82) is 0 Å². The fourth-order valence-corrected chi connectivity index (χ4v) is 1.76. The Balaban J connectivity index is 4.54. The van der Waals surface area contributed by atoms with Gasteiger partial charge >= 0.3 is 6.09 Å². The molecule has 24 heavy (non-hydrogen) atoms. The molecule has 7 nitrogen and oxygen atoms in total. The molecule has 0 aliphatic heterocycles. The van der Waals surface area contributed by atoms with Crippen molar-refractivity contribution >= 4 is 12.1 Å². The lowest BCUT2D eigenvalue weighted by molar-refractivity contribution is 0.0476. The number of aliphatic imine (C=N–C) groups is 1. The van der Waals surface area contributed by atoms with E-state index in [0.717, 1.165) is 32.1 Å². The summed E-state index contributed by atoms with van der Waals surface area (Å²) in [7, 11) is 2.08. The molecule has 0 saturated carbocycles. The van der Waals surface area contributed by atoms with Gasteiger partial charge in [-0.3, -0.25) is 4.99 Å². The van der Waals surface area contributed by atoms with E-state index in [0.29, 0.717) is 6.54 Å². The SMILES string of the molecule is CCNC(=NCC(C)(C)NC(=O)OC(C)(C)C)NCCN(C)CC. The summed E-state index contributed by atoms with van der Waals surface area (Å²) in [5.74, 6) is 0.751. The van der Waals surface area contributed by atoms with E-state index in [1.807, 2.05) is 41.5 Å². The first-order chi connectivity index (χ1) is 11.0. The minimum atomic E-state index is -0.509. The van der Waals surface area contributed by atoms with E-state index in [2.05, 4.69) is 39.8 Å². The zero-order chi connectivity index (χ0) is 18.8. The number of nitrogens with one attached hydrogen (secondary N) is 3. The molecule has 0 unspecified atom stereocenters. The Labute approximate surface area is 147 Å². The average molecular weight is 344 g/mol. The van der Waals surface area contributed by atoms with Crippen LogP contribution in [0.1, 0.15) is 48.5 Å². The van der Waals surface area contributed by atoms with Crippen LogP contribution < -0.4 is 16.0 Å². The largest absolute Gasteiger partial charge is 0.444 e. The number of hydrogen-bond acceptors (Lipinski definition) is 4. The predicted molar refractivity (Wildman–Crippen MR) is 101 cm³/mol. The average Bonchev–Trinajstić information content (AvgIpc) is 2.41. The molecule has 0 rings (SSSR count). The van der Waals surface area contributed by atoms with Gasteiger partial charge in [0.05, 0.1) is 12.1 Å². The lowest BCUT2D eigenvalue weighted by Crippen LogP contribution is -2.49. The third kappa shape index (κ3) is 12.0. The Morgan fingerprint density at radius 1 is 1.12 bits per heavy atom. The number of carbonyl (C=O) groups excluding carboxylic acids is 1. The Morgan fingerprint density at radius 2 is 1.75 bits per heavy atom. The second-order valence-electron chi connectivity index (χ2n) is 7.53. The molecule has 0 saturated heterocycles. The van der Waals surface area contributed by atoms with Crippen LogP contribution in [0.4, 0.5) is 4.79 Å². The van der Waals surface area contributed by atoms with Gasteiger partial charge in [-0.25, -0.2) is 4.79 Å². The minimum Gasteiger partial charge on any atom is -0.444 e. The van der Waals surface area contributed by atoms with E-state index >= 15 is 0 Å². The number of nitrogens with zero attached hydrogens (tertiary/aromatic N) is 2. The molecule has 0 atom stereocenters. The lowest BCUT2D eigenvalue weighted by Gasteiger charge is -2.27. The van der Waals surface area contributed by atoms with Gasteiger partial charge in [0.1, 0.15) is 5.60 Å². The second kappa shape index (κ2) is 10.4. The molecule has 0 aliphatic carbocycles. The van der Waals surface area contributed by atoms with Crippen molar-refractivity contribution in [3.8, 4) is 0 Å². The van der Waals surface area contributed by atoms with Crippen molar-refractivity contribution in [1.82, 2.24) is 20.9 Å². The molecule has 0 aromatic heterocycles. The Morgan fingerprint density at radius 3 is 2.25 bits per heavy atom. The maximum absolute atomic E-state index is 11.9.